The maximum absolute atomic E-state index is 15.1. The van der Waals surface area contributed by atoms with E-state index in [0.29, 0.717) is 29.3 Å². The first kappa shape index (κ1) is 67.3. The van der Waals surface area contributed by atoms with Gasteiger partial charge in [0, 0.05) is 30.6 Å². The van der Waals surface area contributed by atoms with E-state index < -0.39 is 136 Å². The third-order valence-electron chi connectivity index (χ3n) is 12.7. The lowest BCUT2D eigenvalue weighted by Crippen LogP contribution is -2.74. The van der Waals surface area contributed by atoms with Gasteiger partial charge in [-0.1, -0.05) is 114 Å². The summed E-state index contributed by atoms with van der Waals surface area (Å²) in [6.45, 7) is 13.3. The molecule has 0 spiro atoms. The molecule has 0 radical (unpaired) electrons. The smallest absolute Gasteiger partial charge is 0.460 e. The minimum Gasteiger partial charge on any atom is -0.491 e. The van der Waals surface area contributed by atoms with Crippen LogP contribution in [0.1, 0.15) is 44.9 Å². The van der Waals surface area contributed by atoms with Gasteiger partial charge in [0.05, 0.1) is 19.8 Å². The van der Waals surface area contributed by atoms with Crippen molar-refractivity contribution in [2.75, 3.05) is 33.0 Å². The summed E-state index contributed by atoms with van der Waals surface area (Å²) in [5.41, 5.74) is 0.961. The standard InChI is InChI=1S/C47H69F17O7Si3/c1-72(2,3)21-10-23-74(6,7)25-11-24-73(4,5)22-9-13-32(12-8-20-40(48,49)41(50,51)42(52,53)43(54,55)44(56,57)45(58,59)46(60,61)47(62,63)64)29-70-39-26-34(16-19-38(39)71-31-36(68)28-66)33-14-17-37(18-15-33)69-30-35(67)27-65/h14-19,26,32,35-36,65-68H,8-13,20-25,27-31H2,1-7H3. The van der Waals surface area contributed by atoms with E-state index in [-0.39, 0.29) is 24.5 Å². The Morgan fingerprint density at radius 3 is 1.32 bits per heavy atom. The van der Waals surface area contributed by atoms with E-state index >= 15 is 8.78 Å². The average molecular weight is 1150 g/mol. The molecule has 7 nitrogen and oxygen atoms in total. The quantitative estimate of drug-likeness (QED) is 0.0408. The molecule has 0 heterocycles. The van der Waals surface area contributed by atoms with Gasteiger partial charge in [0.25, 0.3) is 0 Å². The van der Waals surface area contributed by atoms with Crippen LogP contribution < -0.4 is 14.2 Å². The number of alkyl halides is 17. The summed E-state index contributed by atoms with van der Waals surface area (Å²) in [6, 6.07) is 15.6. The van der Waals surface area contributed by atoms with Crippen molar-refractivity contribution in [2.45, 2.75) is 181 Å². The molecule has 0 amide bonds. The van der Waals surface area contributed by atoms with Crippen LogP contribution in [0.4, 0.5) is 74.6 Å². The number of aliphatic hydroxyl groups excluding tert-OH is 4. The van der Waals surface area contributed by atoms with E-state index in [1.54, 1.807) is 18.2 Å². The summed E-state index contributed by atoms with van der Waals surface area (Å²) >= 11 is 0. The number of halogens is 17. The van der Waals surface area contributed by atoms with Crippen LogP contribution in [0.2, 0.25) is 76.0 Å². The zero-order valence-electron chi connectivity index (χ0n) is 42.2. The molecule has 0 saturated heterocycles. The highest BCUT2D eigenvalue weighted by molar-refractivity contribution is 6.79. The van der Waals surface area contributed by atoms with E-state index in [0.717, 1.165) is 24.9 Å². The number of ether oxygens (including phenoxy) is 3. The molecule has 2 aromatic rings. The molecule has 74 heavy (non-hydrogen) atoms. The van der Waals surface area contributed by atoms with Gasteiger partial charge < -0.3 is 34.6 Å². The highest BCUT2D eigenvalue weighted by Crippen LogP contribution is 2.64. The fourth-order valence-corrected chi connectivity index (χ4v) is 14.9. The van der Waals surface area contributed by atoms with Crippen LogP contribution in [0.15, 0.2) is 42.5 Å². The zero-order chi connectivity index (χ0) is 57.2. The molecular weight excluding hydrogens is 1080 g/mol. The third-order valence-corrected chi connectivity index (χ3v) is 21.4. The van der Waals surface area contributed by atoms with Gasteiger partial charge in [0.1, 0.15) is 31.2 Å². The van der Waals surface area contributed by atoms with Crippen LogP contribution in [0.3, 0.4) is 0 Å². The number of aliphatic hydroxyl groups is 4. The normalized spacial score (nSPS) is 15.5. The molecular formula is C47H69F17O7Si3. The summed E-state index contributed by atoms with van der Waals surface area (Å²) in [5.74, 6) is -57.6. The molecule has 0 aliphatic heterocycles. The molecule has 0 aliphatic rings. The molecule has 0 fully saturated rings. The first-order chi connectivity index (χ1) is 33.5. The number of hydrogen-bond acceptors (Lipinski definition) is 7. The first-order valence-electron chi connectivity index (χ1n) is 23.9. The molecule has 2 rings (SSSR count). The maximum atomic E-state index is 15.1. The Kier molecular flexibility index (Phi) is 23.4. The Labute approximate surface area is 423 Å². The fraction of sp³-hybridized carbons (Fsp3) is 0.745. The van der Waals surface area contributed by atoms with Crippen molar-refractivity contribution in [1.29, 1.82) is 0 Å². The van der Waals surface area contributed by atoms with Gasteiger partial charge in [-0.2, -0.15) is 74.6 Å². The molecule has 0 aromatic heterocycles. The van der Waals surface area contributed by atoms with Gasteiger partial charge in [0.2, 0.25) is 0 Å². The molecule has 3 unspecified atom stereocenters. The molecule has 0 saturated carbocycles. The third kappa shape index (κ3) is 17.3. The van der Waals surface area contributed by atoms with Crippen LogP contribution in [-0.2, 0) is 0 Å². The topological polar surface area (TPSA) is 109 Å². The number of rotatable bonds is 34. The molecule has 27 heteroatoms. The van der Waals surface area contributed by atoms with Crippen LogP contribution >= 0.6 is 0 Å². The summed E-state index contributed by atoms with van der Waals surface area (Å²) in [6.07, 6.45) is -12.3. The predicted molar refractivity (Wildman–Crippen MR) is 253 cm³/mol. The molecule has 3 atom stereocenters. The van der Waals surface area contributed by atoms with Crippen molar-refractivity contribution in [3.05, 3.63) is 42.5 Å². The lowest BCUT2D eigenvalue weighted by atomic mass is 9.87. The van der Waals surface area contributed by atoms with Crippen molar-refractivity contribution in [1.82, 2.24) is 0 Å². The molecule has 2 aromatic carbocycles. The maximum Gasteiger partial charge on any atom is 0.460 e. The van der Waals surface area contributed by atoms with Gasteiger partial charge in [-0.15, -0.1) is 0 Å². The van der Waals surface area contributed by atoms with Gasteiger partial charge in [-0.25, -0.2) is 0 Å². The Balaban J connectivity index is 2.47. The van der Waals surface area contributed by atoms with Gasteiger partial charge in [0.15, 0.2) is 11.5 Å². The second-order valence-corrected chi connectivity index (χ2v) is 38.0. The van der Waals surface area contributed by atoms with E-state index in [4.69, 9.17) is 19.3 Å². The first-order valence-corrected chi connectivity index (χ1v) is 34.4. The van der Waals surface area contributed by atoms with E-state index in [9.17, 15) is 81.2 Å². The minimum atomic E-state index is -8.70. The number of hydrogen-bond donors (Lipinski definition) is 4. The van der Waals surface area contributed by atoms with Crippen LogP contribution in [-0.4, -0.2) is 138 Å². The largest absolute Gasteiger partial charge is 0.491 e. The van der Waals surface area contributed by atoms with Gasteiger partial charge in [-0.3, -0.25) is 0 Å². The fourth-order valence-electron chi connectivity index (χ4n) is 7.89. The highest BCUT2D eigenvalue weighted by atomic mass is 28.3. The van der Waals surface area contributed by atoms with Gasteiger partial charge >= 0.3 is 47.6 Å². The van der Waals surface area contributed by atoms with Crippen LogP contribution in [0.5, 0.6) is 17.2 Å². The highest BCUT2D eigenvalue weighted by Gasteiger charge is 2.95. The molecule has 0 aliphatic carbocycles. The van der Waals surface area contributed by atoms with E-state index in [1.165, 1.54) is 36.4 Å². The summed E-state index contributed by atoms with van der Waals surface area (Å²) in [4.78, 5) is 0. The van der Waals surface area contributed by atoms with Crippen molar-refractivity contribution in [3.8, 4) is 28.4 Å². The van der Waals surface area contributed by atoms with Crippen molar-refractivity contribution in [3.63, 3.8) is 0 Å². The summed E-state index contributed by atoms with van der Waals surface area (Å²) < 4.78 is 255. The molecule has 4 N–H and O–H groups in total. The lowest BCUT2D eigenvalue weighted by Gasteiger charge is -2.42. The van der Waals surface area contributed by atoms with E-state index in [2.05, 4.69) is 45.8 Å². The Bertz CT molecular complexity index is 2020. The summed E-state index contributed by atoms with van der Waals surface area (Å²) in [5, 5.41) is 37.9. The van der Waals surface area contributed by atoms with Crippen molar-refractivity contribution < 1.29 is 109 Å². The predicted octanol–water partition coefficient (Wildman–Crippen LogP) is 14.3. The Morgan fingerprint density at radius 2 is 0.851 bits per heavy atom. The van der Waals surface area contributed by atoms with Crippen LogP contribution in [0.25, 0.3) is 11.1 Å². The van der Waals surface area contributed by atoms with Crippen molar-refractivity contribution in [2.24, 2.45) is 5.92 Å². The Hall–Kier alpha value is -2.86. The van der Waals surface area contributed by atoms with Gasteiger partial charge in [-0.05, 0) is 60.6 Å². The Morgan fingerprint density at radius 1 is 0.446 bits per heavy atom. The second-order valence-electron chi connectivity index (χ2n) is 21.7. The lowest BCUT2D eigenvalue weighted by molar-refractivity contribution is -0.461. The summed E-state index contributed by atoms with van der Waals surface area (Å²) in [7, 11) is -4.73. The molecule has 0 bridgehead atoms. The number of benzene rings is 2. The SMILES string of the molecule is C[Si](C)(C)CCC[Si](C)(C)CCC[Si](C)(C)CCCC(CCCC(F)(F)C(F)(F)C(F)(F)C(F)(F)C(F)(F)C(F)(F)C(F)(F)C(F)(F)F)COc1cc(-c2ccc(OCC(O)CO)cc2)ccc1OCC(O)CO. The minimum absolute atomic E-state index is 0.0526. The zero-order valence-corrected chi connectivity index (χ0v) is 45.2. The molecule has 430 valence electrons. The van der Waals surface area contributed by atoms with E-state index in [1.807, 2.05) is 0 Å². The van der Waals surface area contributed by atoms with Crippen LogP contribution in [0, 0.1) is 5.92 Å². The van der Waals surface area contributed by atoms with Crippen molar-refractivity contribution >= 4 is 24.2 Å². The average Bonchev–Trinajstić information content (AvgIpc) is 3.27. The monoisotopic (exact) mass is 1150 g/mol. The second kappa shape index (κ2) is 25.7.